The number of benzene rings is 1. The number of nitrogens with zero attached hydrogens (tertiary/aromatic N) is 3. The van der Waals surface area contributed by atoms with Gasteiger partial charge in [-0.3, -0.25) is 4.90 Å². The van der Waals surface area contributed by atoms with Gasteiger partial charge in [0, 0.05) is 51.5 Å². The van der Waals surface area contributed by atoms with Gasteiger partial charge >= 0.3 is 0 Å². The van der Waals surface area contributed by atoms with Gasteiger partial charge in [0.05, 0.1) is 0 Å². The fraction of sp³-hybridized carbons (Fsp3) is 0.647. The van der Waals surface area contributed by atoms with E-state index in [2.05, 4.69) is 67.0 Å². The van der Waals surface area contributed by atoms with Gasteiger partial charge < -0.3 is 15.5 Å². The fourth-order valence-electron chi connectivity index (χ4n) is 3.31. The van der Waals surface area contributed by atoms with Crippen molar-refractivity contribution in [2.45, 2.75) is 25.4 Å². The first kappa shape index (κ1) is 16.3. The van der Waals surface area contributed by atoms with E-state index in [4.69, 9.17) is 5.73 Å². The van der Waals surface area contributed by atoms with Crippen LogP contribution in [0.4, 0.5) is 5.69 Å². The molecule has 0 saturated carbocycles. The maximum Gasteiger partial charge on any atom is 0.0473 e. The van der Waals surface area contributed by atoms with Crippen LogP contribution in [0.2, 0.25) is 0 Å². The second kappa shape index (κ2) is 7.25. The van der Waals surface area contributed by atoms with Gasteiger partial charge in [0.15, 0.2) is 0 Å². The van der Waals surface area contributed by atoms with E-state index in [1.165, 1.54) is 24.2 Å². The van der Waals surface area contributed by atoms with Gasteiger partial charge in [-0.05, 0) is 44.6 Å². The summed E-state index contributed by atoms with van der Waals surface area (Å²) in [5, 5.41) is 0. The van der Waals surface area contributed by atoms with E-state index in [1.54, 1.807) is 0 Å². The quantitative estimate of drug-likeness (QED) is 0.917. The van der Waals surface area contributed by atoms with Crippen LogP contribution in [0.5, 0.6) is 0 Å². The molecule has 2 rings (SSSR count). The predicted octanol–water partition coefficient (Wildman–Crippen LogP) is 1.78. The Morgan fingerprint density at radius 2 is 1.90 bits per heavy atom. The van der Waals surface area contributed by atoms with E-state index in [9.17, 15) is 0 Å². The van der Waals surface area contributed by atoms with Gasteiger partial charge in [0.25, 0.3) is 0 Å². The van der Waals surface area contributed by atoms with Gasteiger partial charge in [0.2, 0.25) is 0 Å². The summed E-state index contributed by atoms with van der Waals surface area (Å²) in [6.07, 6.45) is 1.22. The van der Waals surface area contributed by atoms with Gasteiger partial charge in [-0.25, -0.2) is 0 Å². The van der Waals surface area contributed by atoms with E-state index in [1.807, 2.05) is 0 Å². The average Bonchev–Trinajstić information content (AvgIpc) is 2.62. The lowest BCUT2D eigenvalue weighted by Gasteiger charge is -2.35. The SMILES string of the molecule is CC1CN(C)CCCN1C(CN)c1ccc(N(C)C)cc1. The molecule has 0 aromatic heterocycles. The predicted molar refractivity (Wildman–Crippen MR) is 90.8 cm³/mol. The first-order chi connectivity index (χ1) is 10.0. The molecule has 0 amide bonds. The summed E-state index contributed by atoms with van der Waals surface area (Å²) in [6.45, 7) is 6.42. The van der Waals surface area contributed by atoms with Crippen molar-refractivity contribution in [3.05, 3.63) is 29.8 Å². The molecular formula is C17H30N4. The molecule has 1 aromatic rings. The number of rotatable bonds is 4. The van der Waals surface area contributed by atoms with Crippen LogP contribution in [0.1, 0.15) is 24.9 Å². The Hall–Kier alpha value is -1.10. The molecule has 1 saturated heterocycles. The molecule has 0 aliphatic carbocycles. The summed E-state index contributed by atoms with van der Waals surface area (Å²) in [7, 11) is 6.35. The Labute approximate surface area is 129 Å². The number of hydrogen-bond donors (Lipinski definition) is 1. The van der Waals surface area contributed by atoms with E-state index in [0.29, 0.717) is 18.6 Å². The highest BCUT2D eigenvalue weighted by Crippen LogP contribution is 2.26. The molecule has 0 spiro atoms. The minimum Gasteiger partial charge on any atom is -0.378 e. The summed E-state index contributed by atoms with van der Waals surface area (Å²) in [5.74, 6) is 0. The van der Waals surface area contributed by atoms with Crippen molar-refractivity contribution in [1.29, 1.82) is 0 Å². The first-order valence-corrected chi connectivity index (χ1v) is 7.94. The van der Waals surface area contributed by atoms with Crippen LogP contribution in [0.15, 0.2) is 24.3 Å². The molecule has 2 N–H and O–H groups in total. The van der Waals surface area contributed by atoms with Gasteiger partial charge in [-0.1, -0.05) is 12.1 Å². The molecule has 0 radical (unpaired) electrons. The topological polar surface area (TPSA) is 35.7 Å². The third-order valence-electron chi connectivity index (χ3n) is 4.52. The van der Waals surface area contributed by atoms with E-state index >= 15 is 0 Å². The maximum atomic E-state index is 6.12. The van der Waals surface area contributed by atoms with E-state index < -0.39 is 0 Å². The molecule has 1 heterocycles. The Morgan fingerprint density at radius 3 is 2.48 bits per heavy atom. The van der Waals surface area contributed by atoms with Crippen molar-refractivity contribution in [1.82, 2.24) is 9.80 Å². The monoisotopic (exact) mass is 290 g/mol. The highest BCUT2D eigenvalue weighted by Gasteiger charge is 2.26. The van der Waals surface area contributed by atoms with Crippen molar-refractivity contribution in [3.8, 4) is 0 Å². The number of nitrogens with two attached hydrogens (primary N) is 1. The third kappa shape index (κ3) is 3.96. The maximum absolute atomic E-state index is 6.12. The van der Waals surface area contributed by atoms with Crippen molar-refractivity contribution in [3.63, 3.8) is 0 Å². The third-order valence-corrected chi connectivity index (χ3v) is 4.52. The minimum atomic E-state index is 0.322. The second-order valence-corrected chi connectivity index (χ2v) is 6.44. The van der Waals surface area contributed by atoms with Crippen LogP contribution in [0.3, 0.4) is 0 Å². The summed E-state index contributed by atoms with van der Waals surface area (Å²) in [5.41, 5.74) is 8.68. The lowest BCUT2D eigenvalue weighted by molar-refractivity contribution is 0.146. The summed E-state index contributed by atoms with van der Waals surface area (Å²) in [6, 6.07) is 9.70. The fourth-order valence-corrected chi connectivity index (χ4v) is 3.31. The van der Waals surface area contributed by atoms with Crippen LogP contribution >= 0.6 is 0 Å². The van der Waals surface area contributed by atoms with Crippen LogP contribution in [0.25, 0.3) is 0 Å². The lowest BCUT2D eigenvalue weighted by Crippen LogP contribution is -2.42. The molecule has 21 heavy (non-hydrogen) atoms. The molecule has 1 aromatic carbocycles. The highest BCUT2D eigenvalue weighted by molar-refractivity contribution is 5.46. The van der Waals surface area contributed by atoms with E-state index in [0.717, 1.165) is 13.1 Å². The normalized spacial score (nSPS) is 22.8. The molecular weight excluding hydrogens is 260 g/mol. The Morgan fingerprint density at radius 1 is 1.24 bits per heavy atom. The minimum absolute atomic E-state index is 0.322. The Kier molecular flexibility index (Phi) is 5.62. The zero-order valence-corrected chi connectivity index (χ0v) is 13.9. The largest absolute Gasteiger partial charge is 0.378 e. The summed E-state index contributed by atoms with van der Waals surface area (Å²) in [4.78, 5) is 7.13. The van der Waals surface area contributed by atoms with E-state index in [-0.39, 0.29) is 0 Å². The molecule has 118 valence electrons. The standard InChI is InChI=1S/C17H30N4/c1-14-13-20(4)10-5-11-21(14)17(12-18)15-6-8-16(9-7-15)19(2)3/h6-9,14,17H,5,10-13,18H2,1-4H3. The molecule has 2 atom stereocenters. The molecule has 1 aliphatic rings. The van der Waals surface area contributed by atoms with Crippen LogP contribution < -0.4 is 10.6 Å². The number of likely N-dealkylation sites (N-methyl/N-ethyl adjacent to an activating group) is 1. The molecule has 4 nitrogen and oxygen atoms in total. The molecule has 1 fully saturated rings. The zero-order chi connectivity index (χ0) is 15.4. The molecule has 2 unspecified atom stereocenters. The van der Waals surface area contributed by atoms with Crippen LogP contribution in [-0.2, 0) is 0 Å². The number of anilines is 1. The first-order valence-electron chi connectivity index (χ1n) is 7.94. The Bertz CT molecular complexity index is 429. The van der Waals surface area contributed by atoms with Crippen LogP contribution in [0, 0.1) is 0 Å². The van der Waals surface area contributed by atoms with Crippen molar-refractivity contribution < 1.29 is 0 Å². The van der Waals surface area contributed by atoms with Crippen molar-refractivity contribution in [2.24, 2.45) is 5.73 Å². The molecule has 4 heteroatoms. The average molecular weight is 290 g/mol. The van der Waals surface area contributed by atoms with Crippen LogP contribution in [-0.4, -0.2) is 63.2 Å². The smallest absolute Gasteiger partial charge is 0.0473 e. The summed E-state index contributed by atoms with van der Waals surface area (Å²) < 4.78 is 0. The molecule has 1 aliphatic heterocycles. The summed E-state index contributed by atoms with van der Waals surface area (Å²) >= 11 is 0. The lowest BCUT2D eigenvalue weighted by atomic mass is 10.0. The van der Waals surface area contributed by atoms with Gasteiger partial charge in [-0.15, -0.1) is 0 Å². The van der Waals surface area contributed by atoms with Gasteiger partial charge in [-0.2, -0.15) is 0 Å². The Balaban J connectivity index is 2.17. The highest BCUT2D eigenvalue weighted by atomic mass is 15.3. The number of hydrogen-bond acceptors (Lipinski definition) is 4. The van der Waals surface area contributed by atoms with Gasteiger partial charge in [0.1, 0.15) is 0 Å². The zero-order valence-electron chi connectivity index (χ0n) is 13.9. The van der Waals surface area contributed by atoms with Crippen molar-refractivity contribution >= 4 is 5.69 Å². The molecule has 0 bridgehead atoms. The second-order valence-electron chi connectivity index (χ2n) is 6.44. The van der Waals surface area contributed by atoms with Crippen molar-refractivity contribution in [2.75, 3.05) is 52.2 Å².